The van der Waals surface area contributed by atoms with Gasteiger partial charge in [0.1, 0.15) is 11.9 Å². The van der Waals surface area contributed by atoms with Gasteiger partial charge >= 0.3 is 6.03 Å². The van der Waals surface area contributed by atoms with Crippen molar-refractivity contribution in [1.82, 2.24) is 14.7 Å². The third kappa shape index (κ3) is 4.07. The fourth-order valence-electron chi connectivity index (χ4n) is 3.13. The molecule has 2 heterocycles. The Labute approximate surface area is 170 Å². The summed E-state index contributed by atoms with van der Waals surface area (Å²) in [6, 6.07) is 13.5. The third-order valence-corrected chi connectivity index (χ3v) is 5.08. The van der Waals surface area contributed by atoms with Gasteiger partial charge in [0.05, 0.1) is 24.5 Å². The minimum absolute atomic E-state index is 0.203. The molecular formula is C20H18BrFN4O2. The van der Waals surface area contributed by atoms with Crippen LogP contribution in [0.3, 0.4) is 0 Å². The first kappa shape index (κ1) is 18.6. The van der Waals surface area contributed by atoms with E-state index in [1.807, 2.05) is 24.3 Å². The molecule has 0 spiro atoms. The molecule has 1 atom stereocenters. The summed E-state index contributed by atoms with van der Waals surface area (Å²) >= 11 is 3.42. The van der Waals surface area contributed by atoms with Gasteiger partial charge in [-0.05, 0) is 42.0 Å². The van der Waals surface area contributed by atoms with Crippen molar-refractivity contribution in [3.05, 3.63) is 76.8 Å². The average Bonchev–Trinajstić information content (AvgIpc) is 3.23. The number of urea groups is 1. The minimum atomic E-state index is -0.430. The number of benzene rings is 2. The highest BCUT2D eigenvalue weighted by atomic mass is 79.9. The van der Waals surface area contributed by atoms with Gasteiger partial charge in [-0.25, -0.2) is 13.9 Å². The number of morpholine rings is 1. The van der Waals surface area contributed by atoms with E-state index in [9.17, 15) is 9.18 Å². The number of amides is 2. The topological polar surface area (TPSA) is 59.4 Å². The second-order valence-corrected chi connectivity index (χ2v) is 7.31. The fourth-order valence-corrected chi connectivity index (χ4v) is 3.39. The second-order valence-electron chi connectivity index (χ2n) is 6.40. The van der Waals surface area contributed by atoms with Crippen LogP contribution in [0.15, 0.2) is 65.4 Å². The number of nitrogens with one attached hydrogen (secondary N) is 1. The fraction of sp³-hybridized carbons (Fsp3) is 0.200. The van der Waals surface area contributed by atoms with Crippen LogP contribution >= 0.6 is 15.9 Å². The van der Waals surface area contributed by atoms with Crippen LogP contribution in [-0.4, -0.2) is 40.4 Å². The van der Waals surface area contributed by atoms with Gasteiger partial charge in [0, 0.05) is 23.4 Å². The zero-order valence-corrected chi connectivity index (χ0v) is 16.5. The van der Waals surface area contributed by atoms with E-state index < -0.39 is 5.82 Å². The zero-order valence-electron chi connectivity index (χ0n) is 14.9. The molecule has 1 aliphatic rings. The molecule has 1 aliphatic heterocycles. The van der Waals surface area contributed by atoms with E-state index in [1.54, 1.807) is 34.1 Å². The Hall–Kier alpha value is -2.71. The monoisotopic (exact) mass is 444 g/mol. The molecule has 4 rings (SSSR count). The molecule has 0 radical (unpaired) electrons. The predicted molar refractivity (Wildman–Crippen MR) is 107 cm³/mol. The lowest BCUT2D eigenvalue weighted by molar-refractivity contribution is -0.0135. The van der Waals surface area contributed by atoms with E-state index in [4.69, 9.17) is 4.74 Å². The van der Waals surface area contributed by atoms with Gasteiger partial charge in [0.25, 0.3) is 0 Å². The van der Waals surface area contributed by atoms with Crippen molar-refractivity contribution in [2.24, 2.45) is 0 Å². The van der Waals surface area contributed by atoms with Gasteiger partial charge in [-0.2, -0.15) is 5.10 Å². The third-order valence-electron chi connectivity index (χ3n) is 4.55. The molecule has 3 aromatic rings. The van der Waals surface area contributed by atoms with Crippen molar-refractivity contribution in [3.8, 4) is 5.69 Å². The van der Waals surface area contributed by atoms with E-state index in [0.29, 0.717) is 31.1 Å². The predicted octanol–water partition coefficient (Wildman–Crippen LogP) is 4.38. The Morgan fingerprint density at radius 3 is 2.82 bits per heavy atom. The van der Waals surface area contributed by atoms with Crippen molar-refractivity contribution in [2.75, 3.05) is 25.0 Å². The van der Waals surface area contributed by atoms with Crippen LogP contribution in [0.2, 0.25) is 0 Å². The van der Waals surface area contributed by atoms with Crippen LogP contribution in [0.1, 0.15) is 11.7 Å². The van der Waals surface area contributed by atoms with Crippen molar-refractivity contribution in [1.29, 1.82) is 0 Å². The molecule has 2 amide bonds. The number of halogens is 2. The Morgan fingerprint density at radius 2 is 2.07 bits per heavy atom. The Balaban J connectivity index is 1.51. The number of ether oxygens (including phenoxy) is 1. The zero-order chi connectivity index (χ0) is 19.5. The van der Waals surface area contributed by atoms with Gasteiger partial charge in [0.15, 0.2) is 0 Å². The summed E-state index contributed by atoms with van der Waals surface area (Å²) in [4.78, 5) is 14.5. The maximum absolute atomic E-state index is 13.8. The largest absolute Gasteiger partial charge is 0.370 e. The Kier molecular flexibility index (Phi) is 5.40. The van der Waals surface area contributed by atoms with E-state index in [2.05, 4.69) is 26.3 Å². The van der Waals surface area contributed by atoms with Gasteiger partial charge in [-0.1, -0.05) is 28.1 Å². The van der Waals surface area contributed by atoms with E-state index in [0.717, 1.165) is 10.0 Å². The van der Waals surface area contributed by atoms with Crippen LogP contribution in [0.25, 0.3) is 5.69 Å². The molecule has 1 unspecified atom stereocenters. The van der Waals surface area contributed by atoms with Gasteiger partial charge in [-0.3, -0.25) is 0 Å². The highest BCUT2D eigenvalue weighted by Crippen LogP contribution is 2.26. The molecule has 144 valence electrons. The standard InChI is InChI=1S/C20H18BrFN4O2/c21-15-4-2-14(3-5-15)19-13-25(10-11-28-19)20(27)24-17-12-16(22)6-7-18(17)26-9-1-8-23-26/h1-9,12,19H,10-11,13H2,(H,24,27). The molecule has 0 aliphatic carbocycles. The first-order valence-electron chi connectivity index (χ1n) is 8.83. The number of hydrogen-bond donors (Lipinski definition) is 1. The first-order chi connectivity index (χ1) is 13.6. The van der Waals surface area contributed by atoms with Crippen LogP contribution in [0.5, 0.6) is 0 Å². The summed E-state index contributed by atoms with van der Waals surface area (Å²) in [5.41, 5.74) is 1.96. The summed E-state index contributed by atoms with van der Waals surface area (Å²) in [6.45, 7) is 1.31. The van der Waals surface area contributed by atoms with Crippen LogP contribution in [0.4, 0.5) is 14.9 Å². The molecule has 28 heavy (non-hydrogen) atoms. The molecule has 1 N–H and O–H groups in total. The van der Waals surface area contributed by atoms with Crippen molar-refractivity contribution in [2.45, 2.75) is 6.10 Å². The van der Waals surface area contributed by atoms with Crippen LogP contribution in [-0.2, 0) is 4.74 Å². The van der Waals surface area contributed by atoms with Crippen LogP contribution < -0.4 is 5.32 Å². The molecule has 0 saturated carbocycles. The summed E-state index contributed by atoms with van der Waals surface area (Å²) in [5, 5.41) is 6.97. The first-order valence-corrected chi connectivity index (χ1v) is 9.62. The summed E-state index contributed by atoms with van der Waals surface area (Å²) < 4.78 is 22.2. The number of anilines is 1. The maximum Gasteiger partial charge on any atom is 0.322 e. The highest BCUT2D eigenvalue weighted by Gasteiger charge is 2.26. The lowest BCUT2D eigenvalue weighted by Crippen LogP contribution is -2.44. The van der Waals surface area contributed by atoms with E-state index >= 15 is 0 Å². The Bertz CT molecular complexity index is 963. The number of rotatable bonds is 3. The Morgan fingerprint density at radius 1 is 1.25 bits per heavy atom. The van der Waals surface area contributed by atoms with Crippen LogP contribution in [0, 0.1) is 5.82 Å². The lowest BCUT2D eigenvalue weighted by atomic mass is 10.1. The molecule has 1 aromatic heterocycles. The number of aromatic nitrogens is 2. The molecule has 1 fully saturated rings. The number of nitrogens with zero attached hydrogens (tertiary/aromatic N) is 3. The lowest BCUT2D eigenvalue weighted by Gasteiger charge is -2.33. The number of carbonyl (C=O) groups excluding carboxylic acids is 1. The van der Waals surface area contributed by atoms with Gasteiger partial charge in [-0.15, -0.1) is 0 Å². The molecule has 1 saturated heterocycles. The van der Waals surface area contributed by atoms with Crippen molar-refractivity contribution < 1.29 is 13.9 Å². The SMILES string of the molecule is O=C(Nc1cc(F)ccc1-n1cccn1)N1CCOC(c2ccc(Br)cc2)C1. The number of carbonyl (C=O) groups is 1. The van der Waals surface area contributed by atoms with Gasteiger partial charge < -0.3 is 15.0 Å². The normalized spacial score (nSPS) is 16.8. The van der Waals surface area contributed by atoms with E-state index in [1.165, 1.54) is 12.1 Å². The number of hydrogen-bond acceptors (Lipinski definition) is 3. The molecule has 8 heteroatoms. The average molecular weight is 445 g/mol. The summed E-state index contributed by atoms with van der Waals surface area (Å²) in [6.07, 6.45) is 3.16. The molecule has 6 nitrogen and oxygen atoms in total. The molecular weight excluding hydrogens is 427 g/mol. The van der Waals surface area contributed by atoms with Crippen molar-refractivity contribution >= 4 is 27.6 Å². The quantitative estimate of drug-likeness (QED) is 0.651. The van der Waals surface area contributed by atoms with Crippen molar-refractivity contribution in [3.63, 3.8) is 0 Å². The molecule has 2 aromatic carbocycles. The summed E-state index contributed by atoms with van der Waals surface area (Å²) in [7, 11) is 0. The minimum Gasteiger partial charge on any atom is -0.370 e. The smallest absolute Gasteiger partial charge is 0.322 e. The molecule has 0 bridgehead atoms. The highest BCUT2D eigenvalue weighted by molar-refractivity contribution is 9.10. The second kappa shape index (κ2) is 8.12. The van der Waals surface area contributed by atoms with E-state index in [-0.39, 0.29) is 12.1 Å². The van der Waals surface area contributed by atoms with Gasteiger partial charge in [0.2, 0.25) is 0 Å². The summed E-state index contributed by atoms with van der Waals surface area (Å²) in [5.74, 6) is -0.430. The maximum atomic E-state index is 13.8.